The van der Waals surface area contributed by atoms with Crippen molar-refractivity contribution in [3.05, 3.63) is 147 Å². The van der Waals surface area contributed by atoms with Crippen LogP contribution in [-0.4, -0.2) is 22.9 Å². The van der Waals surface area contributed by atoms with Crippen LogP contribution in [0.25, 0.3) is 0 Å². The first kappa shape index (κ1) is 38.5. The summed E-state index contributed by atoms with van der Waals surface area (Å²) in [5, 5.41) is 20.0. The normalized spacial score (nSPS) is 15.8. The monoisotopic (exact) mass is 622 g/mol. The third-order valence-corrected chi connectivity index (χ3v) is 6.98. The van der Waals surface area contributed by atoms with Crippen molar-refractivity contribution in [1.29, 1.82) is 0 Å². The maximum absolute atomic E-state index is 10.3. The molecule has 1 fully saturated rings. The van der Waals surface area contributed by atoms with Gasteiger partial charge in [-0.2, -0.15) is 66.4 Å². The van der Waals surface area contributed by atoms with Crippen molar-refractivity contribution < 1.29 is 44.4 Å². The summed E-state index contributed by atoms with van der Waals surface area (Å²) in [4.78, 5) is 0. The van der Waals surface area contributed by atoms with E-state index in [4.69, 9.17) is 0 Å². The van der Waals surface area contributed by atoms with Crippen molar-refractivity contribution >= 4 is 0 Å². The fourth-order valence-corrected chi connectivity index (χ4v) is 4.44. The van der Waals surface area contributed by atoms with Crippen LogP contribution in [0, 0.1) is 43.4 Å². The SMILES string of the molecule is C=CC(C/C=C/CCC(O)C(C)[C]1[CH][CH][CH][CH-]1)CCCC(CO)c1ccc[cH-]1.[Fe+2].[Fe+2].c1cc[cH-]c1.c1cc[cH-]c1. The van der Waals surface area contributed by atoms with E-state index in [2.05, 4.69) is 50.6 Å². The number of aliphatic hydroxyl groups is 2. The van der Waals surface area contributed by atoms with Crippen LogP contribution in [0.1, 0.15) is 56.9 Å². The van der Waals surface area contributed by atoms with Gasteiger partial charge in [0.25, 0.3) is 0 Å². The molecule has 4 atom stereocenters. The molecule has 4 unspecified atom stereocenters. The van der Waals surface area contributed by atoms with Gasteiger partial charge in [-0.05, 0) is 49.9 Å². The Morgan fingerprint density at radius 1 is 0.900 bits per heavy atom. The molecule has 0 spiro atoms. The minimum atomic E-state index is -0.297. The third-order valence-electron chi connectivity index (χ3n) is 6.98. The molecular weight excluding hydrogens is 576 g/mol. The number of rotatable bonds is 14. The summed E-state index contributed by atoms with van der Waals surface area (Å²) in [5.74, 6) is 2.13. The minimum Gasteiger partial charge on any atom is -0.396 e. The van der Waals surface area contributed by atoms with Crippen LogP contribution < -0.4 is 0 Å². The summed E-state index contributed by atoms with van der Waals surface area (Å²) in [5.41, 5.74) is 1.24. The van der Waals surface area contributed by atoms with Crippen LogP contribution >= 0.6 is 0 Å². The first-order valence-corrected chi connectivity index (χ1v) is 14.0. The number of aliphatic hydroxyl groups excluding tert-OH is 2. The predicted octanol–water partition coefficient (Wildman–Crippen LogP) is 8.39. The van der Waals surface area contributed by atoms with Crippen molar-refractivity contribution in [3.8, 4) is 0 Å². The van der Waals surface area contributed by atoms with Gasteiger partial charge in [0.15, 0.2) is 0 Å². The Hall–Kier alpha value is -1.51. The van der Waals surface area contributed by atoms with E-state index in [0.717, 1.165) is 38.5 Å². The van der Waals surface area contributed by atoms with E-state index in [-0.39, 0.29) is 58.7 Å². The van der Waals surface area contributed by atoms with Gasteiger partial charge in [-0.25, -0.2) is 36.4 Å². The van der Waals surface area contributed by atoms with Crippen molar-refractivity contribution in [1.82, 2.24) is 0 Å². The molecule has 4 radical (unpaired) electrons. The molecule has 40 heavy (non-hydrogen) atoms. The van der Waals surface area contributed by atoms with Gasteiger partial charge in [0.05, 0.1) is 6.10 Å². The third kappa shape index (κ3) is 16.7. The topological polar surface area (TPSA) is 40.5 Å². The molecule has 218 valence electrons. The van der Waals surface area contributed by atoms with Crippen LogP contribution in [0.3, 0.4) is 0 Å². The maximum atomic E-state index is 10.3. The second-order valence-corrected chi connectivity index (χ2v) is 9.81. The number of hydrogen-bond donors (Lipinski definition) is 2. The Labute approximate surface area is 266 Å². The van der Waals surface area contributed by atoms with Gasteiger partial charge in [-0.15, -0.1) is 6.58 Å². The molecule has 3 aromatic carbocycles. The molecule has 0 bridgehead atoms. The fraction of sp³-hybridized carbons (Fsp3) is 0.333. The van der Waals surface area contributed by atoms with Gasteiger partial charge in [0.1, 0.15) is 0 Å². The molecule has 0 saturated heterocycles. The van der Waals surface area contributed by atoms with E-state index < -0.39 is 0 Å². The molecule has 1 aliphatic carbocycles. The van der Waals surface area contributed by atoms with Crippen molar-refractivity contribution in [2.75, 3.05) is 6.61 Å². The van der Waals surface area contributed by atoms with E-state index in [1.54, 1.807) is 0 Å². The summed E-state index contributed by atoms with van der Waals surface area (Å²) in [6, 6.07) is 28.3. The molecule has 0 aliphatic heterocycles. The molecule has 0 aromatic heterocycles. The molecule has 0 amide bonds. The van der Waals surface area contributed by atoms with E-state index >= 15 is 0 Å². The Bertz CT molecular complexity index is 832. The standard InChI is InChI=1S/C26H36O2.2C5H5.2Fe/c1-3-22(13-11-18-25(20-27)24-16-9-10-17-24)12-5-4-6-19-26(28)21(2)23-14-7-8-15-23;2*1-2-4-5-3-1;;/h3-5,7-10,14-17,21-22,25-28H,1,6,11-13,18-20H2,2H3;2*1-5H;;/q-2;2*-1;2*+2/b5-4+;;;;. The summed E-state index contributed by atoms with van der Waals surface area (Å²) in [6.45, 7) is 6.29. The van der Waals surface area contributed by atoms with Gasteiger partial charge < -0.3 is 16.6 Å². The van der Waals surface area contributed by atoms with E-state index in [9.17, 15) is 10.2 Å². The molecular formula is C36H46Fe2O2. The maximum Gasteiger partial charge on any atom is 2.00 e. The first-order chi connectivity index (χ1) is 18.7. The Balaban J connectivity index is 0.00000105. The van der Waals surface area contributed by atoms with Gasteiger partial charge in [-0.3, -0.25) is 0 Å². The molecule has 0 heterocycles. The quantitative estimate of drug-likeness (QED) is 0.108. The van der Waals surface area contributed by atoms with Crippen LogP contribution in [-0.2, 0) is 34.1 Å². The van der Waals surface area contributed by atoms with Crippen LogP contribution in [0.2, 0.25) is 0 Å². The second kappa shape index (κ2) is 25.2. The van der Waals surface area contributed by atoms with E-state index in [0.29, 0.717) is 5.92 Å². The molecule has 2 N–H and O–H groups in total. The largest absolute Gasteiger partial charge is 2.00 e. The minimum absolute atomic E-state index is 0. The summed E-state index contributed by atoms with van der Waals surface area (Å²) in [7, 11) is 0. The predicted molar refractivity (Wildman–Crippen MR) is 162 cm³/mol. The summed E-state index contributed by atoms with van der Waals surface area (Å²) in [6.07, 6.45) is 20.3. The van der Waals surface area contributed by atoms with Gasteiger partial charge in [0, 0.05) is 6.61 Å². The molecule has 1 saturated carbocycles. The van der Waals surface area contributed by atoms with Crippen molar-refractivity contribution in [2.24, 2.45) is 11.8 Å². The zero-order chi connectivity index (χ0) is 27.3. The summed E-state index contributed by atoms with van der Waals surface area (Å²) >= 11 is 0. The van der Waals surface area contributed by atoms with Crippen molar-refractivity contribution in [3.63, 3.8) is 0 Å². The second-order valence-electron chi connectivity index (χ2n) is 9.81. The number of hydrogen-bond acceptors (Lipinski definition) is 2. The smallest absolute Gasteiger partial charge is 0.396 e. The zero-order valence-electron chi connectivity index (χ0n) is 23.7. The molecule has 4 heteroatoms. The Morgan fingerprint density at radius 3 is 2.05 bits per heavy atom. The van der Waals surface area contributed by atoms with E-state index in [1.165, 1.54) is 11.5 Å². The molecule has 2 nitrogen and oxygen atoms in total. The van der Waals surface area contributed by atoms with Gasteiger partial charge >= 0.3 is 34.1 Å². The zero-order valence-corrected chi connectivity index (χ0v) is 25.9. The van der Waals surface area contributed by atoms with Gasteiger partial charge in [0.2, 0.25) is 0 Å². The van der Waals surface area contributed by atoms with Crippen LogP contribution in [0.4, 0.5) is 0 Å². The average Bonchev–Trinajstić information content (AvgIpc) is 3.78. The molecule has 4 rings (SSSR count). The Kier molecular flexibility index (Phi) is 24.3. The first-order valence-electron chi connectivity index (χ1n) is 14.0. The fourth-order valence-electron chi connectivity index (χ4n) is 4.44. The average molecular weight is 622 g/mol. The van der Waals surface area contributed by atoms with Crippen LogP contribution in [0.5, 0.6) is 0 Å². The van der Waals surface area contributed by atoms with Crippen LogP contribution in [0.15, 0.2) is 110 Å². The summed E-state index contributed by atoms with van der Waals surface area (Å²) < 4.78 is 0. The van der Waals surface area contributed by atoms with E-state index in [1.807, 2.05) is 91.7 Å². The van der Waals surface area contributed by atoms with Gasteiger partial charge in [-0.1, -0.05) is 44.4 Å². The number of allylic oxidation sites excluding steroid dienone is 3. The molecule has 1 aliphatic rings. The van der Waals surface area contributed by atoms with Crippen molar-refractivity contribution in [2.45, 2.75) is 57.5 Å². The Morgan fingerprint density at radius 2 is 1.57 bits per heavy atom. The molecule has 3 aromatic rings.